The van der Waals surface area contributed by atoms with Crippen LogP contribution in [0.15, 0.2) is 24.3 Å². The van der Waals surface area contributed by atoms with Gasteiger partial charge in [0.1, 0.15) is 0 Å². The van der Waals surface area contributed by atoms with Crippen LogP contribution in [-0.2, 0) is 6.18 Å². The van der Waals surface area contributed by atoms with E-state index < -0.39 is 17.8 Å². The van der Waals surface area contributed by atoms with E-state index in [1.807, 2.05) is 0 Å². The summed E-state index contributed by atoms with van der Waals surface area (Å²) in [6.07, 6.45) is -3.83. The van der Waals surface area contributed by atoms with Gasteiger partial charge < -0.3 is 0 Å². The molecular formula is C10H13F3N2. The van der Waals surface area contributed by atoms with Crippen molar-refractivity contribution in [3.05, 3.63) is 35.4 Å². The first-order valence-corrected chi connectivity index (χ1v) is 4.63. The maximum Gasteiger partial charge on any atom is 0.416 e. The van der Waals surface area contributed by atoms with Gasteiger partial charge in [0.15, 0.2) is 0 Å². The largest absolute Gasteiger partial charge is 0.416 e. The Morgan fingerprint density at radius 2 is 1.93 bits per heavy atom. The average molecular weight is 218 g/mol. The molecule has 0 aliphatic carbocycles. The third kappa shape index (κ3) is 2.70. The van der Waals surface area contributed by atoms with E-state index in [0.717, 1.165) is 6.07 Å². The smallest absolute Gasteiger partial charge is 0.271 e. The second-order valence-electron chi connectivity index (χ2n) is 3.21. The molecule has 2 nitrogen and oxygen atoms in total. The molecule has 1 aromatic carbocycles. The molecule has 3 N–H and O–H groups in total. The zero-order chi connectivity index (χ0) is 11.5. The molecule has 0 saturated carbocycles. The number of nitrogens with one attached hydrogen (secondary N) is 1. The number of rotatable bonds is 3. The van der Waals surface area contributed by atoms with Gasteiger partial charge in [0.25, 0.3) is 0 Å². The van der Waals surface area contributed by atoms with Crippen molar-refractivity contribution in [1.82, 2.24) is 5.43 Å². The molecule has 0 amide bonds. The third-order valence-electron chi connectivity index (χ3n) is 2.25. The molecule has 0 spiro atoms. The molecule has 0 heterocycles. The molecule has 0 aliphatic heterocycles. The Hall–Kier alpha value is -1.07. The molecule has 0 aliphatic rings. The van der Waals surface area contributed by atoms with Crippen molar-refractivity contribution in [2.24, 2.45) is 5.84 Å². The molecule has 0 unspecified atom stereocenters. The molecule has 15 heavy (non-hydrogen) atoms. The van der Waals surface area contributed by atoms with Gasteiger partial charge in [-0.05, 0) is 18.1 Å². The van der Waals surface area contributed by atoms with E-state index in [-0.39, 0.29) is 5.56 Å². The van der Waals surface area contributed by atoms with Crippen molar-refractivity contribution in [1.29, 1.82) is 0 Å². The summed E-state index contributed by atoms with van der Waals surface area (Å²) in [5, 5.41) is 0. The highest BCUT2D eigenvalue weighted by molar-refractivity contribution is 5.32. The zero-order valence-electron chi connectivity index (χ0n) is 8.31. The van der Waals surface area contributed by atoms with E-state index in [0.29, 0.717) is 6.42 Å². The third-order valence-corrected chi connectivity index (χ3v) is 2.25. The molecule has 0 saturated heterocycles. The van der Waals surface area contributed by atoms with Crippen LogP contribution in [0.4, 0.5) is 13.2 Å². The fourth-order valence-corrected chi connectivity index (χ4v) is 1.49. The van der Waals surface area contributed by atoms with Crippen LogP contribution in [0.3, 0.4) is 0 Å². The van der Waals surface area contributed by atoms with Crippen LogP contribution in [0.2, 0.25) is 0 Å². The summed E-state index contributed by atoms with van der Waals surface area (Å²) in [7, 11) is 0. The number of hydrazine groups is 1. The maximum absolute atomic E-state index is 12.6. The van der Waals surface area contributed by atoms with Gasteiger partial charge in [-0.1, -0.05) is 25.1 Å². The Morgan fingerprint density at radius 3 is 2.40 bits per heavy atom. The minimum Gasteiger partial charge on any atom is -0.271 e. The number of benzene rings is 1. The SMILES string of the molecule is CC[C@H](NN)c1ccccc1C(F)(F)F. The van der Waals surface area contributed by atoms with Gasteiger partial charge in [0, 0.05) is 6.04 Å². The van der Waals surface area contributed by atoms with Gasteiger partial charge in [-0.25, -0.2) is 0 Å². The van der Waals surface area contributed by atoms with Crippen molar-refractivity contribution < 1.29 is 13.2 Å². The van der Waals surface area contributed by atoms with Gasteiger partial charge in [-0.15, -0.1) is 0 Å². The summed E-state index contributed by atoms with van der Waals surface area (Å²) >= 11 is 0. The quantitative estimate of drug-likeness (QED) is 0.604. The Kier molecular flexibility index (Phi) is 3.71. The van der Waals surface area contributed by atoms with Crippen molar-refractivity contribution in [3.8, 4) is 0 Å². The first kappa shape index (κ1) is 12.0. The summed E-state index contributed by atoms with van der Waals surface area (Å²) < 4.78 is 37.8. The van der Waals surface area contributed by atoms with Crippen molar-refractivity contribution in [2.75, 3.05) is 0 Å². The highest BCUT2D eigenvalue weighted by atomic mass is 19.4. The lowest BCUT2D eigenvalue weighted by molar-refractivity contribution is -0.138. The monoisotopic (exact) mass is 218 g/mol. The van der Waals surface area contributed by atoms with E-state index >= 15 is 0 Å². The number of hydrogen-bond donors (Lipinski definition) is 2. The topological polar surface area (TPSA) is 38.0 Å². The lowest BCUT2D eigenvalue weighted by Gasteiger charge is -2.19. The van der Waals surface area contributed by atoms with Crippen molar-refractivity contribution >= 4 is 0 Å². The molecule has 0 fully saturated rings. The first-order valence-electron chi connectivity index (χ1n) is 4.63. The fourth-order valence-electron chi connectivity index (χ4n) is 1.49. The summed E-state index contributed by atoms with van der Waals surface area (Å²) in [4.78, 5) is 0. The van der Waals surface area contributed by atoms with Crippen LogP contribution in [0.5, 0.6) is 0 Å². The zero-order valence-corrected chi connectivity index (χ0v) is 8.31. The molecule has 0 bridgehead atoms. The fraction of sp³-hybridized carbons (Fsp3) is 0.400. The molecule has 0 aromatic heterocycles. The average Bonchev–Trinajstić information content (AvgIpc) is 2.19. The van der Waals surface area contributed by atoms with E-state index in [4.69, 9.17) is 5.84 Å². The molecule has 5 heteroatoms. The minimum absolute atomic E-state index is 0.190. The standard InChI is InChI=1S/C10H13F3N2/c1-2-9(15-14)7-5-3-4-6-8(7)10(11,12)13/h3-6,9,15H,2,14H2,1H3/t9-/m0/s1. The predicted octanol–water partition coefficient (Wildman–Crippen LogP) is 2.62. The van der Waals surface area contributed by atoms with Crippen LogP contribution in [0, 0.1) is 0 Å². The van der Waals surface area contributed by atoms with Crippen LogP contribution < -0.4 is 11.3 Å². The summed E-state index contributed by atoms with van der Waals surface area (Å²) in [6.45, 7) is 1.78. The molecule has 1 aromatic rings. The Balaban J connectivity index is 3.17. The van der Waals surface area contributed by atoms with Crippen molar-refractivity contribution in [2.45, 2.75) is 25.6 Å². The summed E-state index contributed by atoms with van der Waals surface area (Å²) in [5.74, 6) is 5.21. The predicted molar refractivity (Wildman–Crippen MR) is 51.8 cm³/mol. The molecule has 84 valence electrons. The van der Waals surface area contributed by atoms with E-state index in [9.17, 15) is 13.2 Å². The van der Waals surface area contributed by atoms with Gasteiger partial charge in [-0.3, -0.25) is 11.3 Å². The number of halogens is 3. The normalized spacial score (nSPS) is 13.9. The Bertz CT molecular complexity index is 319. The number of nitrogens with two attached hydrogens (primary N) is 1. The highest BCUT2D eigenvalue weighted by Gasteiger charge is 2.34. The van der Waals surface area contributed by atoms with Gasteiger partial charge in [0.2, 0.25) is 0 Å². The Labute approximate surface area is 86.2 Å². The van der Waals surface area contributed by atoms with Crippen LogP contribution in [0.25, 0.3) is 0 Å². The molecule has 1 rings (SSSR count). The highest BCUT2D eigenvalue weighted by Crippen LogP contribution is 2.34. The van der Waals surface area contributed by atoms with Crippen LogP contribution >= 0.6 is 0 Å². The molecule has 0 radical (unpaired) electrons. The maximum atomic E-state index is 12.6. The van der Waals surface area contributed by atoms with Gasteiger partial charge in [-0.2, -0.15) is 13.2 Å². The summed E-state index contributed by atoms with van der Waals surface area (Å²) in [6, 6.07) is 4.98. The second-order valence-corrected chi connectivity index (χ2v) is 3.21. The van der Waals surface area contributed by atoms with E-state index in [1.165, 1.54) is 12.1 Å². The number of hydrogen-bond acceptors (Lipinski definition) is 2. The van der Waals surface area contributed by atoms with Gasteiger partial charge >= 0.3 is 6.18 Å². The molecular weight excluding hydrogens is 205 g/mol. The first-order chi connectivity index (χ1) is 7.00. The van der Waals surface area contributed by atoms with Crippen molar-refractivity contribution in [3.63, 3.8) is 0 Å². The molecule has 1 atom stereocenters. The Morgan fingerprint density at radius 1 is 1.33 bits per heavy atom. The summed E-state index contributed by atoms with van der Waals surface area (Å²) in [5.41, 5.74) is 1.94. The van der Waals surface area contributed by atoms with Crippen LogP contribution in [0.1, 0.15) is 30.5 Å². The lowest BCUT2D eigenvalue weighted by atomic mass is 9.99. The van der Waals surface area contributed by atoms with E-state index in [1.54, 1.807) is 13.0 Å². The van der Waals surface area contributed by atoms with Gasteiger partial charge in [0.05, 0.1) is 5.56 Å². The van der Waals surface area contributed by atoms with E-state index in [2.05, 4.69) is 5.43 Å². The lowest BCUT2D eigenvalue weighted by Crippen LogP contribution is -2.29. The van der Waals surface area contributed by atoms with Crippen LogP contribution in [-0.4, -0.2) is 0 Å². The second kappa shape index (κ2) is 4.63. The minimum atomic E-state index is -4.33. The number of alkyl halides is 3.